The standard InChI is InChI=1S/C18H24N2O3/c19-12-14-4-6-15(7-5-14)23-11-9-20-8-10-22-13-17(20)16-2-1-3-18(16)21/h4-7,16-18,21H,1-3,8-11,13H2/t16-,17-,18+/m1/s1. The minimum atomic E-state index is -0.191. The van der Waals surface area contributed by atoms with Gasteiger partial charge in [-0.3, -0.25) is 4.90 Å². The minimum Gasteiger partial charge on any atom is -0.492 e. The molecule has 0 aromatic heterocycles. The number of nitriles is 1. The summed E-state index contributed by atoms with van der Waals surface area (Å²) >= 11 is 0. The molecule has 1 aromatic carbocycles. The number of hydrogen-bond donors (Lipinski definition) is 1. The molecule has 1 saturated carbocycles. The Morgan fingerprint density at radius 2 is 2.13 bits per heavy atom. The van der Waals surface area contributed by atoms with Crippen LogP contribution < -0.4 is 4.74 Å². The highest BCUT2D eigenvalue weighted by molar-refractivity contribution is 5.34. The monoisotopic (exact) mass is 316 g/mol. The average molecular weight is 316 g/mol. The van der Waals surface area contributed by atoms with Crippen LogP contribution in [0.25, 0.3) is 0 Å². The number of morpholine rings is 1. The molecule has 23 heavy (non-hydrogen) atoms. The van der Waals surface area contributed by atoms with Crippen LogP contribution in [0.1, 0.15) is 24.8 Å². The fourth-order valence-corrected chi connectivity index (χ4v) is 3.65. The maximum atomic E-state index is 10.2. The van der Waals surface area contributed by atoms with Crippen molar-refractivity contribution in [3.05, 3.63) is 29.8 Å². The summed E-state index contributed by atoms with van der Waals surface area (Å²) in [5.41, 5.74) is 0.640. The summed E-state index contributed by atoms with van der Waals surface area (Å²) in [6.45, 7) is 3.78. The summed E-state index contributed by atoms with van der Waals surface area (Å²) in [6, 6.07) is 9.59. The van der Waals surface area contributed by atoms with Gasteiger partial charge in [-0.25, -0.2) is 0 Å². The number of aliphatic hydroxyl groups is 1. The topological polar surface area (TPSA) is 65.7 Å². The van der Waals surface area contributed by atoms with Crippen molar-refractivity contribution in [2.45, 2.75) is 31.4 Å². The average Bonchev–Trinajstić information content (AvgIpc) is 3.02. The van der Waals surface area contributed by atoms with E-state index in [0.29, 0.717) is 30.7 Å². The van der Waals surface area contributed by atoms with Crippen LogP contribution in [0, 0.1) is 17.2 Å². The van der Waals surface area contributed by atoms with Gasteiger partial charge < -0.3 is 14.6 Å². The van der Waals surface area contributed by atoms with Crippen LogP contribution in [-0.4, -0.2) is 55.1 Å². The molecule has 2 fully saturated rings. The molecule has 0 amide bonds. The van der Waals surface area contributed by atoms with Crippen molar-refractivity contribution < 1.29 is 14.6 Å². The molecule has 2 aliphatic rings. The number of nitrogens with zero attached hydrogens (tertiary/aromatic N) is 2. The molecule has 3 atom stereocenters. The molecular weight excluding hydrogens is 292 g/mol. The number of aliphatic hydroxyl groups excluding tert-OH is 1. The molecule has 3 rings (SSSR count). The van der Waals surface area contributed by atoms with E-state index in [-0.39, 0.29) is 6.10 Å². The third kappa shape index (κ3) is 4.03. The zero-order chi connectivity index (χ0) is 16.1. The fraction of sp³-hybridized carbons (Fsp3) is 0.611. The molecule has 1 heterocycles. The lowest BCUT2D eigenvalue weighted by Crippen LogP contribution is -2.52. The second-order valence-corrected chi connectivity index (χ2v) is 6.32. The fourth-order valence-electron chi connectivity index (χ4n) is 3.65. The van der Waals surface area contributed by atoms with E-state index in [1.807, 2.05) is 12.1 Å². The maximum Gasteiger partial charge on any atom is 0.119 e. The largest absolute Gasteiger partial charge is 0.492 e. The Hall–Kier alpha value is -1.61. The lowest BCUT2D eigenvalue weighted by atomic mass is 9.94. The number of rotatable bonds is 5. The Balaban J connectivity index is 1.51. The van der Waals surface area contributed by atoms with E-state index in [1.165, 1.54) is 0 Å². The van der Waals surface area contributed by atoms with Gasteiger partial charge in [0.2, 0.25) is 0 Å². The van der Waals surface area contributed by atoms with Gasteiger partial charge in [-0.1, -0.05) is 6.42 Å². The van der Waals surface area contributed by atoms with Gasteiger partial charge >= 0.3 is 0 Å². The third-order valence-electron chi connectivity index (χ3n) is 4.94. The maximum absolute atomic E-state index is 10.2. The first-order valence-corrected chi connectivity index (χ1v) is 8.41. The summed E-state index contributed by atoms with van der Waals surface area (Å²) in [4.78, 5) is 2.40. The minimum absolute atomic E-state index is 0.191. The molecule has 0 spiro atoms. The van der Waals surface area contributed by atoms with Crippen LogP contribution in [0.2, 0.25) is 0 Å². The molecule has 1 aliphatic carbocycles. The Bertz CT molecular complexity index is 540. The summed E-state index contributed by atoms with van der Waals surface area (Å²) in [6.07, 6.45) is 2.92. The van der Waals surface area contributed by atoms with Crippen molar-refractivity contribution in [3.63, 3.8) is 0 Å². The van der Waals surface area contributed by atoms with Crippen molar-refractivity contribution >= 4 is 0 Å². The van der Waals surface area contributed by atoms with Gasteiger partial charge in [-0.05, 0) is 37.1 Å². The van der Waals surface area contributed by atoms with Crippen LogP contribution in [-0.2, 0) is 4.74 Å². The second kappa shape index (κ2) is 7.78. The van der Waals surface area contributed by atoms with Crippen molar-refractivity contribution in [2.75, 3.05) is 32.9 Å². The normalized spacial score (nSPS) is 28.4. The molecule has 1 aromatic rings. The van der Waals surface area contributed by atoms with Gasteiger partial charge in [0, 0.05) is 25.0 Å². The van der Waals surface area contributed by atoms with Crippen LogP contribution in [0.4, 0.5) is 0 Å². The number of hydrogen-bond acceptors (Lipinski definition) is 5. The van der Waals surface area contributed by atoms with Gasteiger partial charge in [0.25, 0.3) is 0 Å². The molecular formula is C18H24N2O3. The first-order chi connectivity index (χ1) is 11.3. The molecule has 1 aliphatic heterocycles. The first kappa shape index (κ1) is 16.3. The van der Waals surface area contributed by atoms with E-state index < -0.39 is 0 Å². The van der Waals surface area contributed by atoms with Crippen LogP contribution in [0.3, 0.4) is 0 Å². The Morgan fingerprint density at radius 3 is 2.83 bits per heavy atom. The Labute approximate surface area is 137 Å². The predicted octanol–water partition coefficient (Wildman–Crippen LogP) is 1.80. The molecule has 1 N–H and O–H groups in total. The molecule has 0 radical (unpaired) electrons. The summed E-state index contributed by atoms with van der Waals surface area (Å²) in [5.74, 6) is 1.11. The molecule has 0 unspecified atom stereocenters. The van der Waals surface area contributed by atoms with E-state index >= 15 is 0 Å². The molecule has 0 bridgehead atoms. The lowest BCUT2D eigenvalue weighted by Gasteiger charge is -2.40. The quantitative estimate of drug-likeness (QED) is 0.897. The van der Waals surface area contributed by atoms with Crippen molar-refractivity contribution in [3.8, 4) is 11.8 Å². The summed E-state index contributed by atoms with van der Waals surface area (Å²) in [7, 11) is 0. The molecule has 5 nitrogen and oxygen atoms in total. The highest BCUT2D eigenvalue weighted by Crippen LogP contribution is 2.32. The van der Waals surface area contributed by atoms with E-state index in [4.69, 9.17) is 14.7 Å². The highest BCUT2D eigenvalue weighted by Gasteiger charge is 2.37. The Morgan fingerprint density at radius 1 is 1.30 bits per heavy atom. The molecule has 1 saturated heterocycles. The molecule has 5 heteroatoms. The third-order valence-corrected chi connectivity index (χ3v) is 4.94. The lowest BCUT2D eigenvalue weighted by molar-refractivity contribution is -0.0532. The predicted molar refractivity (Wildman–Crippen MR) is 86.2 cm³/mol. The second-order valence-electron chi connectivity index (χ2n) is 6.32. The van der Waals surface area contributed by atoms with Crippen molar-refractivity contribution in [1.29, 1.82) is 5.26 Å². The number of benzene rings is 1. The first-order valence-electron chi connectivity index (χ1n) is 8.41. The van der Waals surface area contributed by atoms with Gasteiger partial charge in [-0.2, -0.15) is 5.26 Å². The highest BCUT2D eigenvalue weighted by atomic mass is 16.5. The van der Waals surface area contributed by atoms with Gasteiger partial charge in [0.1, 0.15) is 12.4 Å². The summed E-state index contributed by atoms with van der Waals surface area (Å²) < 4.78 is 11.4. The SMILES string of the molecule is N#Cc1ccc(OCCN2CCOC[C@@H]2[C@H]2CCC[C@@H]2O)cc1. The van der Waals surface area contributed by atoms with E-state index in [2.05, 4.69) is 11.0 Å². The van der Waals surface area contributed by atoms with Gasteiger partial charge in [0.05, 0.1) is 31.0 Å². The van der Waals surface area contributed by atoms with Gasteiger partial charge in [-0.15, -0.1) is 0 Å². The summed E-state index contributed by atoms with van der Waals surface area (Å²) in [5, 5.41) is 19.0. The van der Waals surface area contributed by atoms with Crippen molar-refractivity contribution in [1.82, 2.24) is 4.90 Å². The zero-order valence-electron chi connectivity index (χ0n) is 13.4. The van der Waals surface area contributed by atoms with Crippen LogP contribution in [0.15, 0.2) is 24.3 Å². The van der Waals surface area contributed by atoms with Crippen LogP contribution in [0.5, 0.6) is 5.75 Å². The van der Waals surface area contributed by atoms with E-state index in [1.54, 1.807) is 12.1 Å². The number of ether oxygens (including phenoxy) is 2. The molecule has 124 valence electrons. The Kier molecular flexibility index (Phi) is 5.50. The zero-order valence-corrected chi connectivity index (χ0v) is 13.4. The van der Waals surface area contributed by atoms with Gasteiger partial charge in [0.15, 0.2) is 0 Å². The smallest absolute Gasteiger partial charge is 0.119 e. The van der Waals surface area contributed by atoms with Crippen molar-refractivity contribution in [2.24, 2.45) is 5.92 Å². The van der Waals surface area contributed by atoms with E-state index in [9.17, 15) is 5.11 Å². The van der Waals surface area contributed by atoms with Crippen LogP contribution >= 0.6 is 0 Å². The van der Waals surface area contributed by atoms with E-state index in [0.717, 1.165) is 44.7 Å².